The lowest BCUT2D eigenvalue weighted by molar-refractivity contribution is -0.119. The summed E-state index contributed by atoms with van der Waals surface area (Å²) in [5.74, 6) is 1.45. The monoisotopic (exact) mass is 886 g/mol. The van der Waals surface area contributed by atoms with E-state index < -0.39 is 0 Å². The number of hydrogen-bond donors (Lipinski definition) is 4. The first-order valence-corrected chi connectivity index (χ1v) is 21.7. The van der Waals surface area contributed by atoms with Crippen LogP contribution in [0.5, 0.6) is 23.5 Å². The summed E-state index contributed by atoms with van der Waals surface area (Å²) < 4.78 is 25.0. The third-order valence-corrected chi connectivity index (χ3v) is 10.6. The second-order valence-electron chi connectivity index (χ2n) is 15.5. The number of amides is 2. The van der Waals surface area contributed by atoms with Gasteiger partial charge in [-0.25, -0.2) is 0 Å². The quantitative estimate of drug-likeness (QED) is 0.0471. The molecule has 6 aromatic rings. The van der Waals surface area contributed by atoms with E-state index in [1.807, 2.05) is 72.8 Å². The van der Waals surface area contributed by atoms with Gasteiger partial charge in [0.2, 0.25) is 35.3 Å². The summed E-state index contributed by atoms with van der Waals surface area (Å²) in [5.41, 5.74) is 10.7. The third-order valence-electron chi connectivity index (χ3n) is 10.6. The van der Waals surface area contributed by atoms with E-state index in [9.17, 15) is 20.1 Å². The van der Waals surface area contributed by atoms with Crippen molar-refractivity contribution in [3.8, 4) is 46.8 Å². The molecular formula is C52H54N8O6. The molecule has 0 bridgehead atoms. The Bertz CT molecular complexity index is 2530. The van der Waals surface area contributed by atoms with Gasteiger partial charge in [0.05, 0.1) is 23.3 Å². The van der Waals surface area contributed by atoms with Gasteiger partial charge in [-0.1, -0.05) is 60.7 Å². The van der Waals surface area contributed by atoms with Crippen molar-refractivity contribution in [2.75, 3.05) is 26.2 Å². The van der Waals surface area contributed by atoms with Gasteiger partial charge in [-0.3, -0.25) is 9.59 Å². The second kappa shape index (κ2) is 24.3. The van der Waals surface area contributed by atoms with E-state index in [0.29, 0.717) is 73.9 Å². The molecular weight excluding hydrogens is 833 g/mol. The molecule has 0 saturated carbocycles. The fourth-order valence-corrected chi connectivity index (χ4v) is 7.02. The Morgan fingerprint density at radius 2 is 0.939 bits per heavy atom. The molecule has 2 aromatic heterocycles. The van der Waals surface area contributed by atoms with Gasteiger partial charge >= 0.3 is 0 Å². The highest BCUT2D eigenvalue weighted by atomic mass is 16.5. The summed E-state index contributed by atoms with van der Waals surface area (Å²) >= 11 is 0. The molecule has 0 atom stereocenters. The van der Waals surface area contributed by atoms with Gasteiger partial charge in [-0.2, -0.15) is 20.5 Å². The molecule has 0 radical (unpaired) electrons. The Labute approximate surface area is 385 Å². The molecule has 6 rings (SSSR count). The zero-order chi connectivity index (χ0) is 46.7. The lowest BCUT2D eigenvalue weighted by Gasteiger charge is -2.17. The van der Waals surface area contributed by atoms with Gasteiger partial charge in [0, 0.05) is 76.4 Å². The van der Waals surface area contributed by atoms with E-state index in [1.165, 1.54) is 13.8 Å². The van der Waals surface area contributed by atoms with Crippen molar-refractivity contribution in [3.63, 3.8) is 0 Å². The number of aromatic nitrogens is 2. The van der Waals surface area contributed by atoms with E-state index in [-0.39, 0.29) is 38.2 Å². The zero-order valence-electron chi connectivity index (χ0n) is 37.7. The number of carbonyl (C=O) groups excluding carboxylic acids is 2. The van der Waals surface area contributed by atoms with Crippen molar-refractivity contribution in [2.45, 2.75) is 67.2 Å². The number of benzene rings is 4. The average molecular weight is 887 g/mol. The summed E-state index contributed by atoms with van der Waals surface area (Å²) in [6, 6.07) is 38.7. The maximum absolute atomic E-state index is 11.3. The Kier molecular flexibility index (Phi) is 17.6. The molecule has 2 heterocycles. The molecule has 0 aliphatic rings. The molecule has 0 aliphatic heterocycles. The molecule has 0 fully saturated rings. The van der Waals surface area contributed by atoms with Crippen molar-refractivity contribution in [2.24, 2.45) is 0 Å². The van der Waals surface area contributed by atoms with Crippen molar-refractivity contribution in [3.05, 3.63) is 165 Å². The minimum absolute atomic E-state index is 0.0868. The SMILES string of the molecule is CC(=O)NCCNCc1ccc(OCc2cccc(-c3cccc(COc4ccc(CNCCNC(C)=O)c(OCc5cccc(C#N)c5)n4)c3C)c2C)nc1OCc1cccc(C#N)c1. The summed E-state index contributed by atoms with van der Waals surface area (Å²) in [5, 5.41) is 30.9. The first-order chi connectivity index (χ1) is 32.1. The number of nitrogens with zero attached hydrogens (tertiary/aromatic N) is 4. The van der Waals surface area contributed by atoms with Crippen molar-refractivity contribution >= 4 is 11.8 Å². The van der Waals surface area contributed by atoms with Gasteiger partial charge in [-0.15, -0.1) is 0 Å². The Morgan fingerprint density at radius 3 is 1.35 bits per heavy atom. The van der Waals surface area contributed by atoms with Crippen LogP contribution in [0.2, 0.25) is 0 Å². The van der Waals surface area contributed by atoms with Crippen LogP contribution in [0.3, 0.4) is 0 Å². The maximum atomic E-state index is 11.3. The molecule has 0 aliphatic carbocycles. The van der Waals surface area contributed by atoms with Crippen LogP contribution in [-0.4, -0.2) is 48.0 Å². The van der Waals surface area contributed by atoms with Crippen molar-refractivity contribution in [1.82, 2.24) is 31.2 Å². The molecule has 66 heavy (non-hydrogen) atoms. The van der Waals surface area contributed by atoms with Crippen LogP contribution in [0.25, 0.3) is 11.1 Å². The molecule has 0 unspecified atom stereocenters. The highest BCUT2D eigenvalue weighted by molar-refractivity contribution is 5.73. The summed E-state index contributed by atoms with van der Waals surface area (Å²) in [4.78, 5) is 32.1. The first kappa shape index (κ1) is 47.7. The largest absolute Gasteiger partial charge is 0.473 e. The van der Waals surface area contributed by atoms with Gasteiger partial charge in [0.15, 0.2) is 0 Å². The molecule has 338 valence electrons. The summed E-state index contributed by atoms with van der Waals surface area (Å²) in [6.45, 7) is 11.2. The number of hydrogen-bond acceptors (Lipinski definition) is 12. The third kappa shape index (κ3) is 14.1. The van der Waals surface area contributed by atoms with E-state index >= 15 is 0 Å². The number of carbonyl (C=O) groups is 2. The zero-order valence-corrected chi connectivity index (χ0v) is 37.7. The smallest absolute Gasteiger partial charge is 0.221 e. The van der Waals surface area contributed by atoms with Crippen LogP contribution in [0.4, 0.5) is 0 Å². The van der Waals surface area contributed by atoms with Gasteiger partial charge < -0.3 is 40.2 Å². The Hall–Kier alpha value is -7.78. The highest BCUT2D eigenvalue weighted by Gasteiger charge is 2.15. The summed E-state index contributed by atoms with van der Waals surface area (Å²) in [6.07, 6.45) is 0. The topological polar surface area (TPSA) is 193 Å². The number of nitriles is 2. The predicted molar refractivity (Wildman–Crippen MR) is 250 cm³/mol. The normalized spacial score (nSPS) is 10.6. The number of ether oxygens (including phenoxy) is 4. The fraction of sp³-hybridized carbons (Fsp3) is 0.269. The number of nitrogens with one attached hydrogen (secondary N) is 4. The average Bonchev–Trinajstić information content (AvgIpc) is 3.32. The Balaban J connectivity index is 1.14. The maximum Gasteiger partial charge on any atom is 0.221 e. The van der Waals surface area contributed by atoms with Crippen LogP contribution < -0.4 is 40.2 Å². The van der Waals surface area contributed by atoms with Gasteiger partial charge in [-0.05, 0) is 94.8 Å². The fourth-order valence-electron chi connectivity index (χ4n) is 7.02. The van der Waals surface area contributed by atoms with Crippen LogP contribution in [0.1, 0.15) is 69.5 Å². The molecule has 4 aromatic carbocycles. The van der Waals surface area contributed by atoms with Crippen molar-refractivity contribution in [1.29, 1.82) is 10.5 Å². The van der Waals surface area contributed by atoms with E-state index in [4.69, 9.17) is 28.9 Å². The lowest BCUT2D eigenvalue weighted by atomic mass is 9.92. The summed E-state index contributed by atoms with van der Waals surface area (Å²) in [7, 11) is 0. The van der Waals surface area contributed by atoms with Crippen molar-refractivity contribution < 1.29 is 28.5 Å². The second-order valence-corrected chi connectivity index (χ2v) is 15.5. The minimum atomic E-state index is -0.0868. The van der Waals surface area contributed by atoms with Crippen LogP contribution >= 0.6 is 0 Å². The van der Waals surface area contributed by atoms with Crippen LogP contribution in [-0.2, 0) is 49.1 Å². The molecule has 14 heteroatoms. The standard InChI is InChI=1S/C52H54N8O6/c1-35-45(33-63-49-19-17-43(29-55-21-23-57-37(3)61)51(59-49)65-31-41-11-5-9-39(25-41)27-53)13-7-15-47(35)48-16-8-14-46(36(48)2)34-64-50-20-18-44(30-56-22-24-58-38(4)62)52(60-50)66-32-42-12-6-10-40(26-42)28-54/h5-20,25-26,55-56H,21-24,29-34H2,1-4H3,(H,57,61)(H,58,62). The highest BCUT2D eigenvalue weighted by Crippen LogP contribution is 2.32. The van der Waals surface area contributed by atoms with Gasteiger partial charge in [0.1, 0.15) is 26.4 Å². The number of rotatable bonds is 23. The molecule has 4 N–H and O–H groups in total. The van der Waals surface area contributed by atoms with E-state index in [0.717, 1.165) is 55.6 Å². The van der Waals surface area contributed by atoms with Crippen LogP contribution in [0, 0.1) is 36.5 Å². The molecule has 0 spiro atoms. The predicted octanol–water partition coefficient (Wildman–Crippen LogP) is 7.27. The molecule has 14 nitrogen and oxygen atoms in total. The van der Waals surface area contributed by atoms with Gasteiger partial charge in [0.25, 0.3) is 0 Å². The van der Waals surface area contributed by atoms with E-state index in [1.54, 1.807) is 24.3 Å². The lowest BCUT2D eigenvalue weighted by Crippen LogP contribution is -2.30. The first-order valence-electron chi connectivity index (χ1n) is 21.7. The van der Waals surface area contributed by atoms with Crippen LogP contribution in [0.15, 0.2) is 109 Å². The minimum Gasteiger partial charge on any atom is -0.473 e. The Morgan fingerprint density at radius 1 is 0.515 bits per heavy atom. The molecule has 0 saturated heterocycles. The number of pyridine rings is 2. The molecule has 2 amide bonds. The van der Waals surface area contributed by atoms with E-state index in [2.05, 4.69) is 59.4 Å².